The highest BCUT2D eigenvalue weighted by atomic mass is 32.2. The number of anilines is 2. The van der Waals surface area contributed by atoms with Gasteiger partial charge in [-0.15, -0.1) is 11.3 Å². The van der Waals surface area contributed by atoms with E-state index in [9.17, 15) is 19.5 Å². The average Bonchev–Trinajstić information content (AvgIpc) is 3.66. The summed E-state index contributed by atoms with van der Waals surface area (Å²) < 4.78 is 1.01. The second-order valence-corrected chi connectivity index (χ2v) is 12.0. The van der Waals surface area contributed by atoms with Gasteiger partial charge in [-0.1, -0.05) is 48.2 Å². The van der Waals surface area contributed by atoms with Gasteiger partial charge in [0.25, 0.3) is 11.8 Å². The first-order chi connectivity index (χ1) is 21.4. The highest BCUT2D eigenvalue weighted by Gasteiger charge is 2.26. The van der Waals surface area contributed by atoms with Gasteiger partial charge < -0.3 is 21.1 Å². The number of fused-ring (bicyclic) bond motifs is 2. The number of thiazole rings is 1. The number of carbonyl (C=O) groups excluding carboxylic acids is 3. The minimum Gasteiger partial charge on any atom is -0.507 e. The van der Waals surface area contributed by atoms with Crippen LogP contribution in [-0.2, 0) is 4.79 Å². The summed E-state index contributed by atoms with van der Waals surface area (Å²) in [5.41, 5.74) is 3.77. The van der Waals surface area contributed by atoms with Crippen LogP contribution in [0.5, 0.6) is 5.75 Å². The number of nitrogens with zero attached hydrogens (tertiary/aromatic N) is 1. The van der Waals surface area contributed by atoms with Crippen LogP contribution in [0.15, 0.2) is 130 Å². The van der Waals surface area contributed by atoms with E-state index in [-0.39, 0.29) is 28.4 Å². The maximum absolute atomic E-state index is 13.3. The molecule has 1 aliphatic heterocycles. The Hall–Kier alpha value is -5.45. The molecule has 214 valence electrons. The summed E-state index contributed by atoms with van der Waals surface area (Å²) in [5, 5.41) is 20.8. The van der Waals surface area contributed by atoms with Crippen LogP contribution in [0.3, 0.4) is 0 Å². The van der Waals surface area contributed by atoms with Crippen molar-refractivity contribution in [3.63, 3.8) is 0 Å². The predicted octanol–water partition coefficient (Wildman–Crippen LogP) is 7.10. The second kappa shape index (κ2) is 11.3. The molecule has 4 N–H and O–H groups in total. The molecule has 0 saturated carbocycles. The van der Waals surface area contributed by atoms with Crippen LogP contribution in [0.2, 0.25) is 0 Å². The minimum atomic E-state index is -0.521. The number of nitrogens with one attached hydrogen (secondary N) is 3. The number of Topliss-reactive ketones (excluding diaryl/α,β-unsaturated/α-hetero) is 1. The number of amides is 2. The third-order valence-electron chi connectivity index (χ3n) is 7.02. The number of hydrogen-bond acceptors (Lipinski definition) is 8. The number of para-hydroxylation sites is 2. The summed E-state index contributed by atoms with van der Waals surface area (Å²) >= 11 is 2.93. The van der Waals surface area contributed by atoms with Crippen molar-refractivity contribution in [2.45, 2.75) is 4.90 Å². The Morgan fingerprint density at radius 3 is 2.41 bits per heavy atom. The Morgan fingerprint density at radius 1 is 0.841 bits per heavy atom. The summed E-state index contributed by atoms with van der Waals surface area (Å²) in [7, 11) is 0. The molecular weight excluding hydrogens is 593 g/mol. The van der Waals surface area contributed by atoms with Crippen molar-refractivity contribution in [3.05, 3.63) is 137 Å². The molecule has 0 atom stereocenters. The van der Waals surface area contributed by atoms with Gasteiger partial charge in [-0.05, 0) is 66.7 Å². The summed E-state index contributed by atoms with van der Waals surface area (Å²) in [6.45, 7) is 0. The minimum absolute atomic E-state index is 0.0149. The lowest BCUT2D eigenvalue weighted by Gasteiger charge is -2.14. The lowest BCUT2D eigenvalue weighted by atomic mass is 10.0. The second-order valence-electron chi connectivity index (χ2n) is 9.94. The van der Waals surface area contributed by atoms with E-state index < -0.39 is 11.8 Å². The Balaban J connectivity index is 1.03. The number of phenolic OH excluding ortho intramolecular Hbond substituents is 1. The molecule has 10 heteroatoms. The van der Waals surface area contributed by atoms with E-state index in [4.69, 9.17) is 0 Å². The van der Waals surface area contributed by atoms with E-state index in [2.05, 4.69) is 20.9 Å². The zero-order valence-corrected chi connectivity index (χ0v) is 24.5. The van der Waals surface area contributed by atoms with Gasteiger partial charge >= 0.3 is 0 Å². The molecule has 4 aromatic carbocycles. The first-order valence-electron chi connectivity index (χ1n) is 13.6. The van der Waals surface area contributed by atoms with Gasteiger partial charge in [-0.3, -0.25) is 14.4 Å². The topological polar surface area (TPSA) is 120 Å². The van der Waals surface area contributed by atoms with E-state index in [0.29, 0.717) is 26.9 Å². The van der Waals surface area contributed by atoms with Crippen molar-refractivity contribution >= 4 is 62.3 Å². The van der Waals surface area contributed by atoms with Crippen molar-refractivity contribution in [2.75, 3.05) is 10.6 Å². The van der Waals surface area contributed by atoms with Crippen LogP contribution < -0.4 is 16.0 Å². The van der Waals surface area contributed by atoms with E-state index in [1.807, 2.05) is 48.5 Å². The number of hydrogen-bond donors (Lipinski definition) is 4. The molecule has 0 radical (unpaired) electrons. The molecule has 2 amide bonds. The van der Waals surface area contributed by atoms with Crippen LogP contribution >= 0.6 is 23.1 Å². The monoisotopic (exact) mass is 614 g/mol. The molecule has 2 aliphatic rings. The summed E-state index contributed by atoms with van der Waals surface area (Å²) in [6, 6.07) is 26.6. The smallest absolute Gasteiger partial charge is 0.255 e. The third-order valence-corrected chi connectivity index (χ3v) is 9.19. The molecule has 2 heterocycles. The number of allylic oxidation sites excluding steroid dienone is 4. The Bertz CT molecular complexity index is 2050. The lowest BCUT2D eigenvalue weighted by Crippen LogP contribution is -2.29. The molecule has 0 bridgehead atoms. The highest BCUT2D eigenvalue weighted by molar-refractivity contribution is 8.03. The molecule has 1 aromatic heterocycles. The molecule has 0 saturated heterocycles. The average molecular weight is 615 g/mol. The first kappa shape index (κ1) is 27.4. The summed E-state index contributed by atoms with van der Waals surface area (Å²) in [5.74, 6) is -1.31. The van der Waals surface area contributed by atoms with Gasteiger partial charge in [-0.2, -0.15) is 0 Å². The zero-order chi connectivity index (χ0) is 30.2. The molecule has 1 aliphatic carbocycles. The highest BCUT2D eigenvalue weighted by Crippen LogP contribution is 2.43. The van der Waals surface area contributed by atoms with Crippen molar-refractivity contribution in [1.82, 2.24) is 10.3 Å². The van der Waals surface area contributed by atoms with Crippen LogP contribution in [0.4, 0.5) is 11.4 Å². The SMILES string of the molecule is O=C1C(NC(=O)c2cccc(C(=O)Nc3ccc(-c4nc5ccccc5s4)c(O)c3)c2)=CC=C/C1=C1\Nc2ccccc2S1. The fraction of sp³-hybridized carbons (Fsp3) is 0. The molecule has 7 rings (SSSR count). The van der Waals surface area contributed by atoms with Crippen LogP contribution in [0.25, 0.3) is 20.8 Å². The predicted molar refractivity (Wildman–Crippen MR) is 174 cm³/mol. The molecule has 0 unspecified atom stereocenters. The number of carbonyl (C=O) groups is 3. The number of thioether (sulfide) groups is 1. The Labute approximate surface area is 259 Å². The van der Waals surface area contributed by atoms with Crippen molar-refractivity contribution in [1.29, 1.82) is 0 Å². The quantitative estimate of drug-likeness (QED) is 0.156. The van der Waals surface area contributed by atoms with Crippen LogP contribution in [0.1, 0.15) is 20.7 Å². The van der Waals surface area contributed by atoms with E-state index in [1.165, 1.54) is 35.2 Å². The van der Waals surface area contributed by atoms with Gasteiger partial charge in [0.05, 0.1) is 37.8 Å². The van der Waals surface area contributed by atoms with E-state index in [0.717, 1.165) is 20.8 Å². The van der Waals surface area contributed by atoms with Gasteiger partial charge in [0, 0.05) is 27.8 Å². The van der Waals surface area contributed by atoms with E-state index >= 15 is 0 Å². The van der Waals surface area contributed by atoms with Crippen LogP contribution in [-0.4, -0.2) is 27.7 Å². The fourth-order valence-corrected chi connectivity index (χ4v) is 6.86. The standard InChI is InChI=1S/C34H22N4O4S2/c39-27-18-21(15-16-22(27)33-37-24-10-1-3-13-28(24)43-33)35-31(41)19-7-5-8-20(17-19)32(42)36-26-12-6-9-23(30(26)40)34-38-25-11-2-4-14-29(25)44-34/h1-18,38-39H,(H,35,41)(H,36,42)/b34-23-. The van der Waals surface area contributed by atoms with Crippen molar-refractivity contribution in [3.8, 4) is 16.3 Å². The van der Waals surface area contributed by atoms with Gasteiger partial charge in [-0.25, -0.2) is 4.98 Å². The largest absolute Gasteiger partial charge is 0.507 e. The van der Waals surface area contributed by atoms with E-state index in [1.54, 1.807) is 48.6 Å². The number of rotatable bonds is 5. The van der Waals surface area contributed by atoms with Crippen LogP contribution in [0, 0.1) is 0 Å². The summed E-state index contributed by atoms with van der Waals surface area (Å²) in [4.78, 5) is 45.1. The number of aromatic nitrogens is 1. The number of ketones is 1. The van der Waals surface area contributed by atoms with Gasteiger partial charge in [0.2, 0.25) is 5.78 Å². The number of phenols is 1. The van der Waals surface area contributed by atoms with Crippen molar-refractivity contribution < 1.29 is 19.5 Å². The molecule has 44 heavy (non-hydrogen) atoms. The normalized spacial score (nSPS) is 15.5. The first-order valence-corrected chi connectivity index (χ1v) is 15.2. The molecular formula is C34H22N4O4S2. The molecule has 8 nitrogen and oxygen atoms in total. The third kappa shape index (κ3) is 5.28. The summed E-state index contributed by atoms with van der Waals surface area (Å²) in [6.07, 6.45) is 4.98. The maximum atomic E-state index is 13.3. The van der Waals surface area contributed by atoms with Gasteiger partial charge in [0.1, 0.15) is 10.8 Å². The maximum Gasteiger partial charge on any atom is 0.255 e. The Morgan fingerprint density at radius 2 is 1.61 bits per heavy atom. The zero-order valence-electron chi connectivity index (χ0n) is 22.8. The molecule has 5 aromatic rings. The van der Waals surface area contributed by atoms with Gasteiger partial charge in [0.15, 0.2) is 0 Å². The molecule has 0 fully saturated rings. The van der Waals surface area contributed by atoms with Crippen molar-refractivity contribution in [2.24, 2.45) is 0 Å². The lowest BCUT2D eigenvalue weighted by molar-refractivity contribution is -0.112. The molecule has 0 spiro atoms. The fourth-order valence-electron chi connectivity index (χ4n) is 4.83. The Kier molecular flexibility index (Phi) is 7.05. The number of benzene rings is 4. The number of aromatic hydroxyl groups is 1.